The smallest absolute Gasteiger partial charge is 0.269 e. The number of nitro benzene ring substituents is 1. The quantitative estimate of drug-likeness (QED) is 0.402. The van der Waals surface area contributed by atoms with E-state index in [0.717, 1.165) is 10.0 Å². The van der Waals surface area contributed by atoms with E-state index in [1.807, 2.05) is 25.1 Å². The van der Waals surface area contributed by atoms with Gasteiger partial charge in [-0.2, -0.15) is 5.10 Å². The second-order valence-corrected chi connectivity index (χ2v) is 7.38. The fraction of sp³-hybridized carbons (Fsp3) is 0.150. The van der Waals surface area contributed by atoms with Crippen molar-refractivity contribution in [3.05, 3.63) is 80.6 Å². The van der Waals surface area contributed by atoms with E-state index in [4.69, 9.17) is 0 Å². The molecule has 0 aliphatic carbocycles. The monoisotopic (exact) mass is 471 g/mol. The van der Waals surface area contributed by atoms with Crippen LogP contribution in [0.4, 0.5) is 11.4 Å². The van der Waals surface area contributed by atoms with E-state index in [0.29, 0.717) is 16.9 Å². The van der Waals surface area contributed by atoms with Crippen LogP contribution in [0.5, 0.6) is 0 Å². The molecule has 3 aromatic rings. The summed E-state index contributed by atoms with van der Waals surface area (Å²) in [5.74, 6) is -0.576. The molecule has 0 unspecified atom stereocenters. The van der Waals surface area contributed by atoms with Gasteiger partial charge in [0.1, 0.15) is 0 Å². The number of nitro groups is 1. The van der Waals surface area contributed by atoms with Gasteiger partial charge in [0.05, 0.1) is 22.4 Å². The minimum absolute atomic E-state index is 0.0276. The van der Waals surface area contributed by atoms with Crippen LogP contribution >= 0.6 is 15.9 Å². The molecule has 0 fully saturated rings. The number of benzene rings is 2. The predicted octanol–water partition coefficient (Wildman–Crippen LogP) is 3.61. The minimum Gasteiger partial charge on any atom is -0.351 e. The van der Waals surface area contributed by atoms with E-state index in [1.165, 1.54) is 29.2 Å². The largest absolute Gasteiger partial charge is 0.351 e. The summed E-state index contributed by atoms with van der Waals surface area (Å²) in [5, 5.41) is 20.3. The Hall–Kier alpha value is -3.53. The molecule has 154 valence electrons. The summed E-state index contributed by atoms with van der Waals surface area (Å²) in [7, 11) is 0. The Balaban J connectivity index is 1.52. The Labute approximate surface area is 180 Å². The second-order valence-electron chi connectivity index (χ2n) is 6.46. The molecule has 0 aliphatic heterocycles. The maximum atomic E-state index is 12.3. The first-order valence-corrected chi connectivity index (χ1v) is 9.76. The first-order chi connectivity index (χ1) is 14.3. The molecular formula is C20H18BrN5O4. The molecule has 0 spiro atoms. The van der Waals surface area contributed by atoms with Crippen molar-refractivity contribution in [3.63, 3.8) is 0 Å². The van der Waals surface area contributed by atoms with E-state index >= 15 is 0 Å². The number of aromatic nitrogens is 2. The zero-order valence-corrected chi connectivity index (χ0v) is 17.5. The normalized spacial score (nSPS) is 10.5. The van der Waals surface area contributed by atoms with Crippen LogP contribution in [0.1, 0.15) is 22.3 Å². The van der Waals surface area contributed by atoms with Crippen LogP contribution in [-0.2, 0) is 4.79 Å². The molecular weight excluding hydrogens is 454 g/mol. The van der Waals surface area contributed by atoms with Crippen molar-refractivity contribution < 1.29 is 14.5 Å². The Morgan fingerprint density at radius 2 is 1.93 bits per heavy atom. The average molecular weight is 472 g/mol. The van der Waals surface area contributed by atoms with Crippen LogP contribution in [0.3, 0.4) is 0 Å². The number of anilines is 1. The van der Waals surface area contributed by atoms with Crippen LogP contribution in [0, 0.1) is 17.0 Å². The molecule has 0 aliphatic rings. The molecule has 3 rings (SSSR count). The highest BCUT2D eigenvalue weighted by Gasteiger charge is 2.12. The lowest BCUT2D eigenvalue weighted by atomic mass is 10.2. The first-order valence-electron chi connectivity index (χ1n) is 8.97. The lowest BCUT2D eigenvalue weighted by Gasteiger charge is -2.09. The van der Waals surface area contributed by atoms with Crippen molar-refractivity contribution >= 4 is 39.1 Å². The van der Waals surface area contributed by atoms with Gasteiger partial charge in [-0.15, -0.1) is 0 Å². The fourth-order valence-electron chi connectivity index (χ4n) is 2.64. The highest BCUT2D eigenvalue weighted by molar-refractivity contribution is 9.10. The summed E-state index contributed by atoms with van der Waals surface area (Å²) in [5.41, 5.74) is 2.53. The Morgan fingerprint density at radius 1 is 1.20 bits per heavy atom. The van der Waals surface area contributed by atoms with Crippen LogP contribution in [0.25, 0.3) is 5.69 Å². The van der Waals surface area contributed by atoms with E-state index < -0.39 is 4.92 Å². The van der Waals surface area contributed by atoms with Crippen molar-refractivity contribution in [2.75, 3.05) is 11.9 Å². The molecule has 0 atom stereocenters. The standard InChI is InChI=1S/C20H18BrN5O4/c1-13-2-3-15(21)10-18(13)24-19(27)8-9-22-20(28)14-11-23-25(12-14)16-4-6-17(7-5-16)26(29)30/h2-7,10-12H,8-9H2,1H3,(H,22,28)(H,24,27). The number of halogens is 1. The number of hydrogen-bond donors (Lipinski definition) is 2. The average Bonchev–Trinajstić information content (AvgIpc) is 3.21. The number of carbonyl (C=O) groups is 2. The summed E-state index contributed by atoms with van der Waals surface area (Å²) in [6.07, 6.45) is 3.03. The van der Waals surface area contributed by atoms with Gasteiger partial charge < -0.3 is 10.6 Å². The third-order valence-electron chi connectivity index (χ3n) is 4.28. The van der Waals surface area contributed by atoms with Gasteiger partial charge in [-0.3, -0.25) is 19.7 Å². The van der Waals surface area contributed by atoms with Crippen molar-refractivity contribution in [3.8, 4) is 5.69 Å². The maximum Gasteiger partial charge on any atom is 0.269 e. The maximum absolute atomic E-state index is 12.3. The Kier molecular flexibility index (Phi) is 6.58. The Morgan fingerprint density at radius 3 is 2.63 bits per heavy atom. The van der Waals surface area contributed by atoms with Crippen molar-refractivity contribution in [2.45, 2.75) is 13.3 Å². The highest BCUT2D eigenvalue weighted by atomic mass is 79.9. The third-order valence-corrected chi connectivity index (χ3v) is 4.77. The number of rotatable bonds is 7. The SMILES string of the molecule is Cc1ccc(Br)cc1NC(=O)CCNC(=O)c1cnn(-c2ccc([N+](=O)[O-])cc2)c1. The summed E-state index contributed by atoms with van der Waals surface area (Å²) in [6.45, 7) is 2.06. The molecule has 0 bridgehead atoms. The van der Waals surface area contributed by atoms with Crippen molar-refractivity contribution in [2.24, 2.45) is 0 Å². The number of non-ortho nitro benzene ring substituents is 1. The van der Waals surface area contributed by atoms with Crippen LogP contribution < -0.4 is 10.6 Å². The highest BCUT2D eigenvalue weighted by Crippen LogP contribution is 2.20. The van der Waals surface area contributed by atoms with E-state index in [2.05, 4.69) is 31.7 Å². The lowest BCUT2D eigenvalue weighted by Crippen LogP contribution is -2.27. The molecule has 1 heterocycles. The summed E-state index contributed by atoms with van der Waals surface area (Å²) >= 11 is 3.37. The fourth-order valence-corrected chi connectivity index (χ4v) is 3.00. The van der Waals surface area contributed by atoms with E-state index in [-0.39, 0.29) is 30.5 Å². The molecule has 2 amide bonds. The first kappa shape index (κ1) is 21.2. The number of amides is 2. The van der Waals surface area contributed by atoms with Crippen molar-refractivity contribution in [1.82, 2.24) is 15.1 Å². The third kappa shape index (κ3) is 5.29. The van der Waals surface area contributed by atoms with Crippen molar-refractivity contribution in [1.29, 1.82) is 0 Å². The molecule has 0 radical (unpaired) electrons. The number of nitrogens with zero attached hydrogens (tertiary/aromatic N) is 3. The molecule has 9 nitrogen and oxygen atoms in total. The van der Waals surface area contributed by atoms with Gasteiger partial charge in [-0.25, -0.2) is 4.68 Å². The second kappa shape index (κ2) is 9.31. The van der Waals surface area contributed by atoms with Crippen LogP contribution in [0.2, 0.25) is 0 Å². The van der Waals surface area contributed by atoms with Gasteiger partial charge in [0.25, 0.3) is 11.6 Å². The van der Waals surface area contributed by atoms with Gasteiger partial charge in [-0.1, -0.05) is 22.0 Å². The van der Waals surface area contributed by atoms with Crippen LogP contribution in [-0.4, -0.2) is 33.1 Å². The number of hydrogen-bond acceptors (Lipinski definition) is 5. The Bertz CT molecular complexity index is 1090. The zero-order valence-electron chi connectivity index (χ0n) is 16.0. The van der Waals surface area contributed by atoms with Gasteiger partial charge in [-0.05, 0) is 36.8 Å². The van der Waals surface area contributed by atoms with Gasteiger partial charge in [0.2, 0.25) is 5.91 Å². The number of nitrogens with one attached hydrogen (secondary N) is 2. The summed E-state index contributed by atoms with van der Waals surface area (Å²) < 4.78 is 2.31. The van der Waals surface area contributed by atoms with Crippen LogP contribution in [0.15, 0.2) is 59.3 Å². The predicted molar refractivity (Wildman–Crippen MR) is 115 cm³/mol. The molecule has 30 heavy (non-hydrogen) atoms. The molecule has 1 aromatic heterocycles. The lowest BCUT2D eigenvalue weighted by molar-refractivity contribution is -0.384. The summed E-state index contributed by atoms with van der Waals surface area (Å²) in [6, 6.07) is 11.4. The van der Waals surface area contributed by atoms with E-state index in [1.54, 1.807) is 12.1 Å². The molecule has 0 saturated carbocycles. The molecule has 2 N–H and O–H groups in total. The zero-order chi connectivity index (χ0) is 21.7. The van der Waals surface area contributed by atoms with Gasteiger partial charge in [0, 0.05) is 41.5 Å². The molecule has 10 heteroatoms. The minimum atomic E-state index is -0.486. The number of aryl methyl sites for hydroxylation is 1. The number of carbonyl (C=O) groups excluding carboxylic acids is 2. The van der Waals surface area contributed by atoms with Gasteiger partial charge >= 0.3 is 0 Å². The topological polar surface area (TPSA) is 119 Å². The molecule has 0 saturated heterocycles. The summed E-state index contributed by atoms with van der Waals surface area (Å²) in [4.78, 5) is 34.6. The molecule has 2 aromatic carbocycles. The van der Waals surface area contributed by atoms with Gasteiger partial charge in [0.15, 0.2) is 0 Å². The van der Waals surface area contributed by atoms with E-state index in [9.17, 15) is 19.7 Å².